The van der Waals surface area contributed by atoms with Crippen LogP contribution in [0.1, 0.15) is 36.6 Å². The number of hydrazone groups is 1. The number of para-hydroxylation sites is 1. The number of methoxy groups -OCH3 is 1. The summed E-state index contributed by atoms with van der Waals surface area (Å²) in [6.07, 6.45) is 1.66. The second kappa shape index (κ2) is 11.5. The van der Waals surface area contributed by atoms with E-state index in [4.69, 9.17) is 9.73 Å². The second-order valence-electron chi connectivity index (χ2n) is 10.9. The lowest BCUT2D eigenvalue weighted by molar-refractivity contribution is -0.118. The van der Waals surface area contributed by atoms with Gasteiger partial charge in [-0.2, -0.15) is 10.1 Å². The van der Waals surface area contributed by atoms with Crippen LogP contribution in [0.15, 0.2) is 99.0 Å². The van der Waals surface area contributed by atoms with Crippen LogP contribution in [-0.4, -0.2) is 29.2 Å². The third kappa shape index (κ3) is 5.17. The number of carbonyl (C=O) groups excluding carboxylic acids is 2. The van der Waals surface area contributed by atoms with E-state index in [9.17, 15) is 14.4 Å². The Hall–Kier alpha value is -5.09. The van der Waals surface area contributed by atoms with E-state index in [1.54, 1.807) is 43.7 Å². The lowest BCUT2D eigenvalue weighted by atomic mass is 9.95. The Labute approximate surface area is 258 Å². The number of allylic oxidation sites excluding steroid dienone is 1. The first kappa shape index (κ1) is 29.0. The van der Waals surface area contributed by atoms with Crippen LogP contribution in [0.25, 0.3) is 6.08 Å². The van der Waals surface area contributed by atoms with Crippen molar-refractivity contribution in [3.8, 4) is 5.75 Å². The Morgan fingerprint density at radius 2 is 1.70 bits per heavy atom. The van der Waals surface area contributed by atoms with Gasteiger partial charge in [-0.25, -0.2) is 4.99 Å². The second-order valence-corrected chi connectivity index (χ2v) is 11.9. The Balaban J connectivity index is 1.44. The quantitative estimate of drug-likeness (QED) is 0.350. The van der Waals surface area contributed by atoms with Crippen LogP contribution in [0.4, 0.5) is 11.4 Å². The van der Waals surface area contributed by atoms with E-state index in [1.807, 2.05) is 74.5 Å². The highest BCUT2D eigenvalue weighted by atomic mass is 32.1. The summed E-state index contributed by atoms with van der Waals surface area (Å²) in [5, 5.41) is 8.88. The molecule has 4 aromatic rings. The minimum Gasteiger partial charge on any atom is -0.497 e. The third-order valence-corrected chi connectivity index (χ3v) is 8.83. The van der Waals surface area contributed by atoms with E-state index in [-0.39, 0.29) is 17.4 Å². The number of thiazole rings is 1. The van der Waals surface area contributed by atoms with Gasteiger partial charge in [0.05, 0.1) is 40.4 Å². The molecule has 2 atom stereocenters. The summed E-state index contributed by atoms with van der Waals surface area (Å²) < 4.78 is 7.26. The molecule has 0 fully saturated rings. The summed E-state index contributed by atoms with van der Waals surface area (Å²) in [6.45, 7) is 7.49. The maximum Gasteiger partial charge on any atom is 0.270 e. The van der Waals surface area contributed by atoms with Gasteiger partial charge in [0.25, 0.3) is 17.4 Å². The summed E-state index contributed by atoms with van der Waals surface area (Å²) in [4.78, 5) is 46.7. The molecular weight excluding hydrogens is 574 g/mol. The number of nitrogens with one attached hydrogen (secondary N) is 1. The van der Waals surface area contributed by atoms with Crippen molar-refractivity contribution in [2.24, 2.45) is 16.0 Å². The Kier molecular flexibility index (Phi) is 7.60. The van der Waals surface area contributed by atoms with Crippen LogP contribution in [0, 0.1) is 19.8 Å². The molecule has 3 heterocycles. The normalized spacial score (nSPS) is 18.2. The van der Waals surface area contributed by atoms with Gasteiger partial charge in [0, 0.05) is 5.69 Å². The van der Waals surface area contributed by atoms with Crippen molar-refractivity contribution in [2.75, 3.05) is 17.4 Å². The number of anilines is 2. The molecule has 0 saturated carbocycles. The number of fused-ring (bicyclic) bond motifs is 1. The summed E-state index contributed by atoms with van der Waals surface area (Å²) in [5.74, 6) is -0.637. The number of rotatable bonds is 6. The number of aromatic nitrogens is 1. The van der Waals surface area contributed by atoms with Gasteiger partial charge in [-0.1, -0.05) is 59.4 Å². The molecule has 0 saturated heterocycles. The molecule has 2 aliphatic heterocycles. The van der Waals surface area contributed by atoms with E-state index < -0.39 is 12.0 Å². The molecular formula is C34H31N5O4S. The molecule has 2 aliphatic rings. The van der Waals surface area contributed by atoms with E-state index >= 15 is 0 Å². The minimum atomic E-state index is -0.750. The molecule has 222 valence electrons. The van der Waals surface area contributed by atoms with E-state index in [1.165, 1.54) is 16.3 Å². The average molecular weight is 606 g/mol. The number of carbonyl (C=O) groups is 2. The van der Waals surface area contributed by atoms with Crippen LogP contribution in [0.3, 0.4) is 0 Å². The molecule has 9 nitrogen and oxygen atoms in total. The average Bonchev–Trinajstić information content (AvgIpc) is 3.48. The van der Waals surface area contributed by atoms with Gasteiger partial charge < -0.3 is 10.1 Å². The van der Waals surface area contributed by atoms with E-state index in [0.717, 1.165) is 16.7 Å². The molecule has 2 amide bonds. The smallest absolute Gasteiger partial charge is 0.270 e. The van der Waals surface area contributed by atoms with E-state index in [0.29, 0.717) is 43.4 Å². The van der Waals surface area contributed by atoms with Crippen molar-refractivity contribution in [1.29, 1.82) is 0 Å². The maximum absolute atomic E-state index is 14.1. The summed E-state index contributed by atoms with van der Waals surface area (Å²) in [7, 11) is 1.58. The topological polar surface area (TPSA) is 105 Å². The number of aryl methyl sites for hydroxylation is 2. The summed E-state index contributed by atoms with van der Waals surface area (Å²) >= 11 is 1.19. The molecule has 0 unspecified atom stereocenters. The standard InChI is InChI=1S/C34H31N5O4S/c1-19-11-16-27(20(2)17-19)36-31(40)29-22(4)35-34-38(30(29)23-12-14-25(43-5)15-13-23)33(42)28(44-34)18-26-21(3)37-39(32(26)41)24-9-7-6-8-10-24/h6-18,26,30H,1-5H3,(H,36,40)/b28-18+/t26-,30-/m0/s1. The lowest BCUT2D eigenvalue weighted by Gasteiger charge is -2.25. The number of nitrogens with zero attached hydrogens (tertiary/aromatic N) is 4. The molecule has 3 aromatic carbocycles. The summed E-state index contributed by atoms with van der Waals surface area (Å²) in [5.41, 5.74) is 5.20. The molecule has 0 aliphatic carbocycles. The third-order valence-electron chi connectivity index (χ3n) is 7.83. The Morgan fingerprint density at radius 1 is 0.977 bits per heavy atom. The van der Waals surface area contributed by atoms with Crippen LogP contribution in [-0.2, 0) is 9.59 Å². The predicted molar refractivity (Wildman–Crippen MR) is 173 cm³/mol. The molecule has 0 bridgehead atoms. The van der Waals surface area contributed by atoms with Crippen molar-refractivity contribution >= 4 is 46.3 Å². The highest BCUT2D eigenvalue weighted by molar-refractivity contribution is 7.07. The van der Waals surface area contributed by atoms with Crippen LogP contribution in [0.5, 0.6) is 5.75 Å². The van der Waals surface area contributed by atoms with Gasteiger partial charge in [0.2, 0.25) is 0 Å². The Bertz CT molecular complexity index is 2040. The van der Waals surface area contributed by atoms with Crippen molar-refractivity contribution in [1.82, 2.24) is 4.57 Å². The van der Waals surface area contributed by atoms with Crippen LogP contribution < -0.4 is 30.0 Å². The van der Waals surface area contributed by atoms with Crippen molar-refractivity contribution in [3.05, 3.63) is 120 Å². The Morgan fingerprint density at radius 3 is 2.39 bits per heavy atom. The number of hydrogen-bond acceptors (Lipinski definition) is 7. The van der Waals surface area contributed by atoms with Gasteiger partial charge in [-0.05, 0) is 75.2 Å². The zero-order valence-corrected chi connectivity index (χ0v) is 25.8. The number of hydrogen-bond donors (Lipinski definition) is 1. The van der Waals surface area contributed by atoms with Crippen LogP contribution in [0.2, 0.25) is 0 Å². The number of amides is 2. The lowest BCUT2D eigenvalue weighted by Crippen LogP contribution is -2.41. The first-order valence-corrected chi connectivity index (χ1v) is 15.0. The maximum atomic E-state index is 14.1. The SMILES string of the molecule is COc1ccc([C@H]2C(C(=O)Nc3ccc(C)cc3C)=C(C)N=c3s/c(=C/[C@@H]4C(=O)N(c5ccccc5)N=C4C)c(=O)n32)cc1. The van der Waals surface area contributed by atoms with Crippen molar-refractivity contribution < 1.29 is 14.3 Å². The zero-order chi connectivity index (χ0) is 31.1. The summed E-state index contributed by atoms with van der Waals surface area (Å²) in [6, 6.07) is 21.5. The van der Waals surface area contributed by atoms with Gasteiger partial charge in [-0.3, -0.25) is 19.0 Å². The fourth-order valence-electron chi connectivity index (χ4n) is 5.55. The molecule has 44 heavy (non-hydrogen) atoms. The minimum absolute atomic E-state index is 0.240. The largest absolute Gasteiger partial charge is 0.497 e. The zero-order valence-electron chi connectivity index (χ0n) is 25.0. The molecule has 0 spiro atoms. The fraction of sp³-hybridized carbons (Fsp3) is 0.206. The molecule has 1 N–H and O–H groups in total. The number of ether oxygens (including phenoxy) is 1. The predicted octanol–water partition coefficient (Wildman–Crippen LogP) is 4.49. The van der Waals surface area contributed by atoms with Crippen LogP contribution >= 0.6 is 11.3 Å². The highest BCUT2D eigenvalue weighted by Crippen LogP contribution is 2.32. The monoisotopic (exact) mass is 605 g/mol. The van der Waals surface area contributed by atoms with Gasteiger partial charge >= 0.3 is 0 Å². The fourth-order valence-corrected chi connectivity index (χ4v) is 6.60. The first-order chi connectivity index (χ1) is 21.2. The number of benzene rings is 3. The van der Waals surface area contributed by atoms with Crippen molar-refractivity contribution in [2.45, 2.75) is 33.7 Å². The molecule has 1 aromatic heterocycles. The van der Waals surface area contributed by atoms with Crippen molar-refractivity contribution in [3.63, 3.8) is 0 Å². The highest BCUT2D eigenvalue weighted by Gasteiger charge is 2.35. The van der Waals surface area contributed by atoms with Gasteiger partial charge in [-0.15, -0.1) is 0 Å². The van der Waals surface area contributed by atoms with Gasteiger partial charge in [0.1, 0.15) is 11.7 Å². The molecule has 10 heteroatoms. The first-order valence-electron chi connectivity index (χ1n) is 14.2. The molecule has 6 rings (SSSR count). The molecule has 0 radical (unpaired) electrons. The van der Waals surface area contributed by atoms with E-state index in [2.05, 4.69) is 10.4 Å². The van der Waals surface area contributed by atoms with Gasteiger partial charge in [0.15, 0.2) is 4.80 Å².